The minimum absolute atomic E-state index is 0.00232. The standard InChI is InChI=1S/C68H77BN2OS/c1-37(2)41-28-45(38(3)4)64(46(29-41)39(5)6)71-56-33-48-47-30-42(65(8,9)10)21-24-59(47)72-60(48)35-52(56)69-53-36-62-50(49-31-43(66(11,12)13)22-25-61(49)73-62)34-55(53)70(57-26-40(7)27-58(71)63(57)69)54-23-20-44(67(14,15)16)32-51(54)68(17,18)19/h20-39H,1-19H3/i1D3,3D3,7D3,37D,38D,39D. The van der Waals surface area contributed by atoms with E-state index in [2.05, 4.69) is 155 Å². The van der Waals surface area contributed by atoms with Gasteiger partial charge in [-0.25, -0.2) is 0 Å². The molecule has 9 aromatic rings. The molecule has 2 aliphatic heterocycles. The van der Waals surface area contributed by atoms with Gasteiger partial charge < -0.3 is 14.2 Å². The smallest absolute Gasteiger partial charge is 0.252 e. The Morgan fingerprint density at radius 3 is 1.67 bits per heavy atom. The molecule has 0 spiro atoms. The number of rotatable bonds is 5. The Labute approximate surface area is 458 Å². The van der Waals surface area contributed by atoms with E-state index in [1.54, 1.807) is 37.3 Å². The second kappa shape index (κ2) is 16.6. The lowest BCUT2D eigenvalue weighted by Gasteiger charge is -2.46. The number of hydrogen-bond acceptors (Lipinski definition) is 4. The number of fused-ring (bicyclic) bond motifs is 10. The molecule has 11 rings (SSSR count). The molecular formula is C68H77BN2OS. The molecule has 4 heterocycles. The van der Waals surface area contributed by atoms with E-state index in [0.29, 0.717) is 33.7 Å². The summed E-state index contributed by atoms with van der Waals surface area (Å²) in [5.41, 5.74) is 10.2. The first kappa shape index (κ1) is 37.0. The summed E-state index contributed by atoms with van der Waals surface area (Å²) >= 11 is 1.72. The first-order chi connectivity index (χ1) is 38.7. The summed E-state index contributed by atoms with van der Waals surface area (Å²) in [4.78, 5) is 4.10. The molecule has 0 saturated heterocycles. The van der Waals surface area contributed by atoms with Crippen LogP contribution in [0.2, 0.25) is 0 Å². The Morgan fingerprint density at radius 1 is 0.493 bits per heavy atom. The maximum atomic E-state index is 10.2. The van der Waals surface area contributed by atoms with Crippen molar-refractivity contribution in [3.05, 3.63) is 148 Å². The van der Waals surface area contributed by atoms with Gasteiger partial charge in [-0.2, -0.15) is 0 Å². The first-order valence-corrected chi connectivity index (χ1v) is 26.7. The zero-order chi connectivity index (χ0) is 62.6. The SMILES string of the molecule is [2H]C([2H])([2H])c1cc2c3c(c1)N(c1c(C([2H])(C)C)cc(C([2H])(C)C([2H])([2H])[2H])cc1C([2H])(C)C([2H])([2H])[2H])c1cc4c(cc1B3c1cc3sc5ccc(C(C)(C)C)cc5c3cc1N2c1ccc(C(C)(C)C)cc1C(C)(C)C)oc1ccc(C(C)(C)C)cc14. The predicted octanol–water partition coefficient (Wildman–Crippen LogP) is 18.9. The number of aryl methyl sites for hydroxylation is 1. The van der Waals surface area contributed by atoms with Crippen LogP contribution in [-0.2, 0) is 21.7 Å². The van der Waals surface area contributed by atoms with Crippen molar-refractivity contribution in [1.29, 1.82) is 0 Å². The van der Waals surface area contributed by atoms with Gasteiger partial charge in [-0.1, -0.05) is 161 Å². The van der Waals surface area contributed by atoms with E-state index in [0.717, 1.165) is 69.9 Å². The molecule has 0 radical (unpaired) electrons. The lowest BCUT2D eigenvalue weighted by atomic mass is 9.33. The zero-order valence-corrected chi connectivity index (χ0v) is 46.4. The molecule has 2 atom stereocenters. The molecule has 73 heavy (non-hydrogen) atoms. The Bertz CT molecular complexity index is 4260. The van der Waals surface area contributed by atoms with Gasteiger partial charge >= 0.3 is 0 Å². The molecule has 5 heteroatoms. The third-order valence-electron chi connectivity index (χ3n) is 15.6. The molecule has 7 aromatic carbocycles. The van der Waals surface area contributed by atoms with E-state index in [1.807, 2.05) is 17.0 Å². The fourth-order valence-electron chi connectivity index (χ4n) is 11.5. The van der Waals surface area contributed by atoms with Crippen LogP contribution >= 0.6 is 11.3 Å². The lowest BCUT2D eigenvalue weighted by Crippen LogP contribution is -2.61. The highest BCUT2D eigenvalue weighted by Crippen LogP contribution is 2.52. The maximum absolute atomic E-state index is 10.2. The summed E-state index contributed by atoms with van der Waals surface area (Å²) in [6, 6.07) is 34.5. The number of benzene rings is 7. The van der Waals surface area contributed by atoms with Gasteiger partial charge in [0, 0.05) is 75.8 Å². The van der Waals surface area contributed by atoms with Gasteiger partial charge in [0.15, 0.2) is 0 Å². The van der Waals surface area contributed by atoms with E-state index in [4.69, 9.17) is 12.6 Å². The van der Waals surface area contributed by atoms with E-state index < -0.39 is 50.4 Å². The molecular weight excluding hydrogens is 904 g/mol. The largest absolute Gasteiger partial charge is 0.456 e. The van der Waals surface area contributed by atoms with Gasteiger partial charge in [0.05, 0.1) is 5.69 Å². The second-order valence-corrected chi connectivity index (χ2v) is 26.5. The van der Waals surface area contributed by atoms with Crippen molar-refractivity contribution in [2.45, 2.75) is 171 Å². The molecule has 0 N–H and O–H groups in total. The number of anilines is 6. The third-order valence-corrected chi connectivity index (χ3v) is 16.7. The molecule has 0 saturated carbocycles. The van der Waals surface area contributed by atoms with Crippen LogP contribution in [0.15, 0.2) is 108 Å². The van der Waals surface area contributed by atoms with Gasteiger partial charge in [-0.15, -0.1) is 11.3 Å². The van der Waals surface area contributed by atoms with Crippen LogP contribution in [0.5, 0.6) is 0 Å². The Balaban J connectivity index is 1.40. The highest BCUT2D eigenvalue weighted by atomic mass is 32.1. The molecule has 0 amide bonds. The summed E-state index contributed by atoms with van der Waals surface area (Å²) in [5, 5.41) is 3.73. The van der Waals surface area contributed by atoms with E-state index in [9.17, 15) is 8.22 Å². The fourth-order valence-corrected chi connectivity index (χ4v) is 12.6. The molecule has 2 unspecified atom stereocenters. The Hall–Kier alpha value is -5.78. The van der Waals surface area contributed by atoms with Crippen molar-refractivity contribution in [2.24, 2.45) is 0 Å². The molecule has 2 aliphatic rings. The van der Waals surface area contributed by atoms with Crippen LogP contribution in [0.3, 0.4) is 0 Å². The van der Waals surface area contributed by atoms with Gasteiger partial charge in [0.25, 0.3) is 6.71 Å². The Kier molecular flexibility index (Phi) is 8.43. The van der Waals surface area contributed by atoms with Gasteiger partial charge in [-0.05, 0) is 174 Å². The van der Waals surface area contributed by atoms with Crippen molar-refractivity contribution < 1.29 is 20.9 Å². The summed E-state index contributed by atoms with van der Waals surface area (Å²) in [6.07, 6.45) is 0. The van der Waals surface area contributed by atoms with Crippen LogP contribution in [0, 0.1) is 6.85 Å². The normalized spacial score (nSPS) is 18.9. The average Bonchev–Trinajstić information content (AvgIpc) is 1.40. The number of thiophene rings is 1. The van der Waals surface area contributed by atoms with Crippen molar-refractivity contribution in [3.8, 4) is 0 Å². The lowest BCUT2D eigenvalue weighted by molar-refractivity contribution is 0.569. The fraction of sp³-hybridized carbons (Fsp3) is 0.382. The van der Waals surface area contributed by atoms with Crippen LogP contribution < -0.4 is 26.2 Å². The molecule has 0 bridgehead atoms. The Morgan fingerprint density at radius 2 is 1.04 bits per heavy atom. The highest BCUT2D eigenvalue weighted by molar-refractivity contribution is 7.26. The molecule has 2 aromatic heterocycles. The quantitative estimate of drug-likeness (QED) is 0.160. The van der Waals surface area contributed by atoms with E-state index in [1.165, 1.54) is 31.5 Å². The second-order valence-electron chi connectivity index (χ2n) is 25.4. The summed E-state index contributed by atoms with van der Waals surface area (Å²) in [7, 11) is 0. The van der Waals surface area contributed by atoms with Crippen LogP contribution in [0.1, 0.15) is 203 Å². The topological polar surface area (TPSA) is 19.6 Å². The predicted molar refractivity (Wildman–Crippen MR) is 322 cm³/mol. The van der Waals surface area contributed by atoms with Crippen molar-refractivity contribution in [2.75, 3.05) is 9.80 Å². The molecule has 374 valence electrons. The number of furan rings is 1. The molecule has 0 fully saturated rings. The van der Waals surface area contributed by atoms with Crippen molar-refractivity contribution >= 4 is 111 Å². The van der Waals surface area contributed by atoms with E-state index in [-0.39, 0.29) is 44.2 Å². The molecule has 0 aliphatic carbocycles. The van der Waals surface area contributed by atoms with E-state index >= 15 is 0 Å². The van der Waals surface area contributed by atoms with Crippen molar-refractivity contribution in [1.82, 2.24) is 0 Å². The summed E-state index contributed by atoms with van der Waals surface area (Å²) < 4.78 is 120. The van der Waals surface area contributed by atoms with Gasteiger partial charge in [0.1, 0.15) is 11.2 Å². The van der Waals surface area contributed by atoms with Crippen LogP contribution in [0.4, 0.5) is 34.1 Å². The van der Waals surface area contributed by atoms with Crippen LogP contribution in [-0.4, -0.2) is 6.71 Å². The summed E-state index contributed by atoms with van der Waals surface area (Å²) in [6.45, 7) is 22.7. The average molecular weight is 993 g/mol. The van der Waals surface area contributed by atoms with Crippen LogP contribution in [0.25, 0.3) is 42.1 Å². The monoisotopic (exact) mass is 993 g/mol. The van der Waals surface area contributed by atoms with Gasteiger partial charge in [0.2, 0.25) is 0 Å². The third kappa shape index (κ3) is 7.96. The van der Waals surface area contributed by atoms with Gasteiger partial charge in [-0.3, -0.25) is 0 Å². The number of hydrogen-bond donors (Lipinski definition) is 0. The maximum Gasteiger partial charge on any atom is 0.252 e. The van der Waals surface area contributed by atoms with Crippen molar-refractivity contribution in [3.63, 3.8) is 0 Å². The molecule has 3 nitrogen and oxygen atoms in total. The zero-order valence-electron chi connectivity index (χ0n) is 57.6. The summed E-state index contributed by atoms with van der Waals surface area (Å²) in [5.74, 6) is -6.49. The highest BCUT2D eigenvalue weighted by Gasteiger charge is 2.46. The number of nitrogens with zero attached hydrogens (tertiary/aromatic N) is 2. The minimum Gasteiger partial charge on any atom is -0.456 e. The minimum atomic E-state index is -3.06. The first-order valence-electron chi connectivity index (χ1n) is 31.9.